The molecule has 0 fully saturated rings. The van der Waals surface area contributed by atoms with Gasteiger partial charge in [0.25, 0.3) is 0 Å². The Morgan fingerprint density at radius 3 is 1.42 bits per heavy atom. The minimum Gasteiger partial charge on any atom is -0.825 e. The number of hydrogen-bond acceptors (Lipinski definition) is 7. The fourth-order valence-electron chi connectivity index (χ4n) is 6.27. The third-order valence-corrected chi connectivity index (χ3v) is 9.32. The Labute approximate surface area is 269 Å². The van der Waals surface area contributed by atoms with Gasteiger partial charge in [0.1, 0.15) is 11.5 Å². The minimum atomic E-state index is -2.54. The van der Waals surface area contributed by atoms with Gasteiger partial charge in [0.2, 0.25) is 0 Å². The maximum atomic E-state index is 13.6. The van der Waals surface area contributed by atoms with Gasteiger partial charge >= 0.3 is 0 Å². The van der Waals surface area contributed by atoms with Crippen LogP contribution in [0.1, 0.15) is 64.2 Å². The molecule has 4 atom stereocenters. The van der Waals surface area contributed by atoms with Crippen molar-refractivity contribution in [1.29, 1.82) is 0 Å². The zero-order valence-corrected chi connectivity index (χ0v) is 27.8. The quantitative estimate of drug-likeness (QED) is 0.255. The molecule has 4 N–H and O–H groups in total. The van der Waals surface area contributed by atoms with Crippen LogP contribution < -0.4 is 29.5 Å². The van der Waals surface area contributed by atoms with E-state index in [1.807, 2.05) is 0 Å². The van der Waals surface area contributed by atoms with E-state index < -0.39 is 29.3 Å². The first-order valence-electron chi connectivity index (χ1n) is 16.5. The number of para-hydroxylation sites is 2. The largest absolute Gasteiger partial charge is 0.825 e. The van der Waals surface area contributed by atoms with E-state index in [1.54, 1.807) is 64.5 Å². The number of fused-ring (bicyclic) bond motifs is 2. The normalized spacial score (nSPS) is 24.1. The SMILES string of the molecule is CC[NH+](CC)CC.CC[NH+](CC)CC.[O-]C1(O)c2ccccc2OCC1C(c1cccnc1)C1COc2ccccc2C1([O-])O. The fourth-order valence-corrected chi connectivity index (χ4v) is 6.27. The van der Waals surface area contributed by atoms with E-state index in [0.29, 0.717) is 17.1 Å². The Kier molecular flexibility index (Phi) is 13.8. The van der Waals surface area contributed by atoms with Crippen LogP contribution in [0.25, 0.3) is 0 Å². The second-order valence-electron chi connectivity index (χ2n) is 11.7. The summed E-state index contributed by atoms with van der Waals surface area (Å²) >= 11 is 0. The van der Waals surface area contributed by atoms with E-state index in [-0.39, 0.29) is 24.3 Å². The zero-order valence-electron chi connectivity index (χ0n) is 27.8. The molecule has 1 aromatic heterocycles. The molecular formula is C36H53N3O6. The van der Waals surface area contributed by atoms with Crippen molar-refractivity contribution in [3.05, 3.63) is 89.7 Å². The second kappa shape index (κ2) is 17.0. The fraction of sp³-hybridized carbons (Fsp3) is 0.528. The Morgan fingerprint density at radius 1 is 0.689 bits per heavy atom. The predicted octanol–water partition coefficient (Wildman–Crippen LogP) is 0.456. The third-order valence-electron chi connectivity index (χ3n) is 9.32. The molecule has 0 bridgehead atoms. The van der Waals surface area contributed by atoms with Crippen molar-refractivity contribution in [2.45, 2.75) is 59.0 Å². The van der Waals surface area contributed by atoms with Crippen molar-refractivity contribution in [3.8, 4) is 11.5 Å². The van der Waals surface area contributed by atoms with Crippen molar-refractivity contribution < 1.29 is 39.7 Å². The van der Waals surface area contributed by atoms with Gasteiger partial charge in [-0.1, -0.05) is 42.5 Å². The summed E-state index contributed by atoms with van der Waals surface area (Å²) in [6.45, 7) is 20.7. The first-order valence-corrected chi connectivity index (χ1v) is 16.5. The van der Waals surface area contributed by atoms with Gasteiger partial charge < -0.3 is 39.7 Å². The first kappa shape index (κ1) is 36.4. The van der Waals surface area contributed by atoms with Crippen molar-refractivity contribution in [2.75, 3.05) is 52.5 Å². The van der Waals surface area contributed by atoms with E-state index >= 15 is 0 Å². The van der Waals surface area contributed by atoms with Crippen LogP contribution in [0.2, 0.25) is 0 Å². The van der Waals surface area contributed by atoms with E-state index in [9.17, 15) is 20.4 Å². The van der Waals surface area contributed by atoms with Crippen LogP contribution >= 0.6 is 0 Å². The first-order chi connectivity index (χ1) is 21.6. The smallest absolute Gasteiger partial charge is 0.123 e. The summed E-state index contributed by atoms with van der Waals surface area (Å²) in [7, 11) is 0. The summed E-state index contributed by atoms with van der Waals surface area (Å²) < 4.78 is 11.6. The lowest BCUT2D eigenvalue weighted by Crippen LogP contribution is -3.11. The van der Waals surface area contributed by atoms with Crippen LogP contribution in [-0.2, 0) is 11.6 Å². The van der Waals surface area contributed by atoms with Gasteiger partial charge in [-0.3, -0.25) is 4.98 Å². The van der Waals surface area contributed by atoms with Crippen LogP contribution in [0.5, 0.6) is 11.5 Å². The topological polar surface area (TPSA) is 127 Å². The Bertz CT molecular complexity index is 1190. The van der Waals surface area contributed by atoms with Crippen molar-refractivity contribution >= 4 is 0 Å². The molecule has 0 radical (unpaired) electrons. The highest BCUT2D eigenvalue weighted by Gasteiger charge is 2.48. The van der Waals surface area contributed by atoms with Crippen molar-refractivity contribution in [1.82, 2.24) is 4.98 Å². The number of rotatable bonds is 9. The summed E-state index contributed by atoms with van der Waals surface area (Å²) in [5, 5.41) is 49.5. The van der Waals surface area contributed by atoms with Crippen LogP contribution in [0.15, 0.2) is 73.1 Å². The molecule has 4 unspecified atom stereocenters. The highest BCUT2D eigenvalue weighted by molar-refractivity contribution is 5.42. The number of aliphatic hydroxyl groups is 2. The van der Waals surface area contributed by atoms with E-state index in [0.717, 1.165) is 0 Å². The number of pyridine rings is 1. The van der Waals surface area contributed by atoms with Crippen LogP contribution in [0.4, 0.5) is 0 Å². The van der Waals surface area contributed by atoms with Gasteiger partial charge in [0.05, 0.1) is 52.5 Å². The molecular weight excluding hydrogens is 570 g/mol. The summed E-state index contributed by atoms with van der Waals surface area (Å²) in [6, 6.07) is 16.4. The highest BCUT2D eigenvalue weighted by atomic mass is 16.5. The Hall–Kier alpha value is -3.05. The molecule has 0 saturated heterocycles. The third kappa shape index (κ3) is 8.61. The number of nitrogens with zero attached hydrogens (tertiary/aromatic N) is 1. The maximum Gasteiger partial charge on any atom is 0.123 e. The molecule has 0 aliphatic carbocycles. The minimum absolute atomic E-state index is 0.103. The Balaban J connectivity index is 0.000000331. The molecule has 3 heterocycles. The van der Waals surface area contributed by atoms with E-state index in [1.165, 1.54) is 57.6 Å². The molecule has 3 aromatic rings. The zero-order chi connectivity index (χ0) is 33.0. The number of benzene rings is 2. The number of ether oxygens (including phenoxy) is 2. The lowest BCUT2D eigenvalue weighted by atomic mass is 9.67. The van der Waals surface area contributed by atoms with Gasteiger partial charge in [0, 0.05) is 52.8 Å². The summed E-state index contributed by atoms with van der Waals surface area (Å²) in [4.78, 5) is 7.49. The van der Waals surface area contributed by atoms with Gasteiger partial charge in [-0.25, -0.2) is 0 Å². The van der Waals surface area contributed by atoms with Gasteiger partial charge in [-0.05, 0) is 65.3 Å². The molecule has 2 aromatic carbocycles. The average molecular weight is 624 g/mol. The molecule has 45 heavy (non-hydrogen) atoms. The summed E-state index contributed by atoms with van der Waals surface area (Å²) in [5.74, 6) is -7.46. The average Bonchev–Trinajstić information content (AvgIpc) is 3.06. The molecule has 2 aliphatic heterocycles. The number of aromatic nitrogens is 1. The molecule has 9 nitrogen and oxygen atoms in total. The monoisotopic (exact) mass is 623 g/mol. The molecule has 2 aliphatic rings. The lowest BCUT2D eigenvalue weighted by Gasteiger charge is -2.56. The molecule has 0 saturated carbocycles. The van der Waals surface area contributed by atoms with E-state index in [2.05, 4.69) is 46.5 Å². The maximum absolute atomic E-state index is 13.6. The number of nitrogens with one attached hydrogen (secondary N) is 2. The van der Waals surface area contributed by atoms with Gasteiger partial charge in [-0.2, -0.15) is 0 Å². The molecule has 0 spiro atoms. The standard InChI is InChI=1S/C24H21NO6.2C6H15N/c26-23(27)16-7-1-3-9-20(16)30-13-18(23)22(15-6-5-11-25-12-15)19-14-31-21-10-4-2-8-17(21)24(19,28)29;2*1-4-7(5-2)6-3/h1-12,18-19,22,26,28H,13-14H2;2*4-6H2,1-3H3/q-2;;/p+2. The van der Waals surface area contributed by atoms with Crippen LogP contribution in [0.3, 0.4) is 0 Å². The summed E-state index contributed by atoms with van der Waals surface area (Å²) in [6.07, 6.45) is 3.12. The molecule has 0 amide bonds. The predicted molar refractivity (Wildman–Crippen MR) is 171 cm³/mol. The molecule has 248 valence electrons. The Morgan fingerprint density at radius 2 is 1.09 bits per heavy atom. The number of hydrogen-bond donors (Lipinski definition) is 4. The summed E-state index contributed by atoms with van der Waals surface area (Å²) in [5.41, 5.74) is 0.755. The van der Waals surface area contributed by atoms with Gasteiger partial charge in [-0.15, -0.1) is 0 Å². The number of quaternary nitrogens is 2. The highest BCUT2D eigenvalue weighted by Crippen LogP contribution is 2.51. The van der Waals surface area contributed by atoms with Gasteiger partial charge in [0.15, 0.2) is 0 Å². The molecule has 5 rings (SSSR count). The van der Waals surface area contributed by atoms with Crippen LogP contribution in [-0.4, -0.2) is 67.7 Å². The van der Waals surface area contributed by atoms with Crippen molar-refractivity contribution in [3.63, 3.8) is 0 Å². The van der Waals surface area contributed by atoms with Crippen LogP contribution in [0, 0.1) is 11.8 Å². The lowest BCUT2D eigenvalue weighted by molar-refractivity contribution is -0.894. The second-order valence-corrected chi connectivity index (χ2v) is 11.7. The molecule has 9 heteroatoms. The van der Waals surface area contributed by atoms with E-state index in [4.69, 9.17) is 9.47 Å². The van der Waals surface area contributed by atoms with Crippen molar-refractivity contribution in [2.24, 2.45) is 11.8 Å².